The van der Waals surface area contributed by atoms with Crippen molar-refractivity contribution in [3.05, 3.63) is 17.5 Å². The van der Waals surface area contributed by atoms with Crippen molar-refractivity contribution in [3.63, 3.8) is 0 Å². The number of aromatic nitrogens is 2. The molecule has 0 aliphatic carbocycles. The second kappa shape index (κ2) is 3.73. The molecule has 14 heavy (non-hydrogen) atoms. The Bertz CT molecular complexity index is 296. The van der Waals surface area contributed by atoms with E-state index in [0.717, 1.165) is 17.7 Å². The van der Waals surface area contributed by atoms with Crippen LogP contribution in [0.4, 0.5) is 0 Å². The van der Waals surface area contributed by atoms with Crippen molar-refractivity contribution in [1.29, 1.82) is 0 Å². The van der Waals surface area contributed by atoms with E-state index in [2.05, 4.69) is 25.9 Å². The van der Waals surface area contributed by atoms with Crippen LogP contribution < -0.4 is 0 Å². The Morgan fingerprint density at radius 1 is 1.57 bits per heavy atom. The van der Waals surface area contributed by atoms with Crippen LogP contribution in [0.2, 0.25) is 0 Å². The van der Waals surface area contributed by atoms with Gasteiger partial charge in [-0.15, -0.1) is 0 Å². The molecule has 0 aromatic carbocycles. The van der Waals surface area contributed by atoms with Crippen molar-refractivity contribution in [1.82, 2.24) is 9.78 Å². The molecule has 0 bridgehead atoms. The molecule has 1 rings (SSSR count). The summed E-state index contributed by atoms with van der Waals surface area (Å²) in [6, 6.07) is 0. The molecule has 0 spiro atoms. The lowest BCUT2D eigenvalue weighted by molar-refractivity contribution is 0.0394. The minimum atomic E-state index is -0.444. The van der Waals surface area contributed by atoms with Crippen molar-refractivity contribution in [3.8, 4) is 0 Å². The molecular weight excluding hydrogens is 176 g/mol. The molecule has 0 amide bonds. The smallest absolute Gasteiger partial charge is 0.101 e. The fourth-order valence-corrected chi connectivity index (χ4v) is 1.51. The molecular formula is C11H20N2O. The highest BCUT2D eigenvalue weighted by molar-refractivity contribution is 5.19. The quantitative estimate of drug-likeness (QED) is 0.804. The van der Waals surface area contributed by atoms with Crippen LogP contribution in [0.25, 0.3) is 0 Å². The van der Waals surface area contributed by atoms with Crippen molar-refractivity contribution < 1.29 is 5.11 Å². The van der Waals surface area contributed by atoms with Crippen molar-refractivity contribution in [2.45, 2.75) is 40.2 Å². The summed E-state index contributed by atoms with van der Waals surface area (Å²) < 4.78 is 1.76. The summed E-state index contributed by atoms with van der Waals surface area (Å²) in [7, 11) is 1.87. The van der Waals surface area contributed by atoms with Gasteiger partial charge >= 0.3 is 0 Å². The van der Waals surface area contributed by atoms with E-state index < -0.39 is 6.10 Å². The third-order valence-corrected chi connectivity index (χ3v) is 3.09. The van der Waals surface area contributed by atoms with Gasteiger partial charge in [0.25, 0.3) is 0 Å². The first kappa shape index (κ1) is 11.2. The minimum Gasteiger partial charge on any atom is -0.386 e. The second-order valence-electron chi connectivity index (χ2n) is 4.58. The average Bonchev–Trinajstić information content (AvgIpc) is 2.45. The number of aliphatic hydroxyl groups excluding tert-OH is 1. The van der Waals surface area contributed by atoms with E-state index in [-0.39, 0.29) is 5.41 Å². The van der Waals surface area contributed by atoms with Crippen LogP contribution in [-0.4, -0.2) is 14.9 Å². The zero-order valence-corrected chi connectivity index (χ0v) is 9.70. The van der Waals surface area contributed by atoms with E-state index in [0.29, 0.717) is 0 Å². The van der Waals surface area contributed by atoms with Crippen LogP contribution in [0.5, 0.6) is 0 Å². The SMILES string of the molecule is CCC(C)(C)C(O)c1c(C)cnn1C. The molecule has 3 nitrogen and oxygen atoms in total. The van der Waals surface area contributed by atoms with E-state index in [9.17, 15) is 5.11 Å². The third-order valence-electron chi connectivity index (χ3n) is 3.09. The first-order valence-corrected chi connectivity index (χ1v) is 5.06. The number of aliphatic hydroxyl groups is 1. The molecule has 1 atom stereocenters. The van der Waals surface area contributed by atoms with Gasteiger partial charge in [-0.1, -0.05) is 20.8 Å². The molecule has 1 aromatic rings. The summed E-state index contributed by atoms with van der Waals surface area (Å²) in [6.45, 7) is 8.22. The van der Waals surface area contributed by atoms with Gasteiger partial charge in [0.2, 0.25) is 0 Å². The highest BCUT2D eigenvalue weighted by Crippen LogP contribution is 2.36. The van der Waals surface area contributed by atoms with E-state index in [1.54, 1.807) is 10.9 Å². The molecule has 0 aliphatic rings. The Kier molecular flexibility index (Phi) is 3.00. The third kappa shape index (κ3) is 1.82. The Labute approximate surface area is 85.8 Å². The molecule has 80 valence electrons. The van der Waals surface area contributed by atoms with Crippen molar-refractivity contribution >= 4 is 0 Å². The molecule has 1 aromatic heterocycles. The van der Waals surface area contributed by atoms with Gasteiger partial charge in [0.1, 0.15) is 6.10 Å². The molecule has 0 fully saturated rings. The highest BCUT2D eigenvalue weighted by atomic mass is 16.3. The topological polar surface area (TPSA) is 38.1 Å². The lowest BCUT2D eigenvalue weighted by Crippen LogP contribution is -2.23. The first-order valence-electron chi connectivity index (χ1n) is 5.06. The number of rotatable bonds is 3. The fraction of sp³-hybridized carbons (Fsp3) is 0.727. The number of aryl methyl sites for hydroxylation is 2. The maximum atomic E-state index is 10.2. The van der Waals surface area contributed by atoms with Crippen LogP contribution in [0.3, 0.4) is 0 Å². The van der Waals surface area contributed by atoms with Gasteiger partial charge in [0.05, 0.1) is 11.9 Å². The zero-order valence-electron chi connectivity index (χ0n) is 9.70. The predicted molar refractivity (Wildman–Crippen MR) is 57.0 cm³/mol. The summed E-state index contributed by atoms with van der Waals surface area (Å²) in [5.41, 5.74) is 1.89. The molecule has 0 saturated heterocycles. The molecule has 1 unspecified atom stereocenters. The molecule has 1 N–H and O–H groups in total. The Balaban J connectivity index is 3.06. The van der Waals surface area contributed by atoms with Crippen molar-refractivity contribution in [2.24, 2.45) is 12.5 Å². The monoisotopic (exact) mass is 196 g/mol. The predicted octanol–water partition coefficient (Wildman–Crippen LogP) is 2.20. The van der Waals surface area contributed by atoms with Gasteiger partial charge in [0, 0.05) is 7.05 Å². The van der Waals surface area contributed by atoms with Gasteiger partial charge < -0.3 is 5.11 Å². The highest BCUT2D eigenvalue weighted by Gasteiger charge is 2.30. The number of hydrogen-bond donors (Lipinski definition) is 1. The first-order chi connectivity index (χ1) is 6.40. The normalized spacial score (nSPS) is 14.4. The van der Waals surface area contributed by atoms with Gasteiger partial charge in [-0.2, -0.15) is 5.10 Å². The van der Waals surface area contributed by atoms with Crippen LogP contribution in [-0.2, 0) is 7.05 Å². The molecule has 3 heteroatoms. The van der Waals surface area contributed by atoms with E-state index in [1.165, 1.54) is 0 Å². The van der Waals surface area contributed by atoms with E-state index in [1.807, 2.05) is 14.0 Å². The summed E-state index contributed by atoms with van der Waals surface area (Å²) in [6.07, 6.45) is 2.29. The summed E-state index contributed by atoms with van der Waals surface area (Å²) >= 11 is 0. The number of nitrogens with zero attached hydrogens (tertiary/aromatic N) is 2. The van der Waals surface area contributed by atoms with Crippen LogP contribution >= 0.6 is 0 Å². The summed E-state index contributed by atoms with van der Waals surface area (Å²) in [5.74, 6) is 0. The van der Waals surface area contributed by atoms with Gasteiger partial charge in [-0.25, -0.2) is 0 Å². The van der Waals surface area contributed by atoms with Crippen molar-refractivity contribution in [2.75, 3.05) is 0 Å². The van der Waals surface area contributed by atoms with Crippen LogP contribution in [0.1, 0.15) is 44.6 Å². The maximum Gasteiger partial charge on any atom is 0.101 e. The Morgan fingerprint density at radius 2 is 2.14 bits per heavy atom. The lowest BCUT2D eigenvalue weighted by atomic mass is 9.81. The molecule has 0 saturated carbocycles. The fourth-order valence-electron chi connectivity index (χ4n) is 1.51. The second-order valence-corrected chi connectivity index (χ2v) is 4.58. The van der Waals surface area contributed by atoms with Gasteiger partial charge in [-0.05, 0) is 24.3 Å². The average molecular weight is 196 g/mol. The van der Waals surface area contributed by atoms with Gasteiger partial charge in [-0.3, -0.25) is 4.68 Å². The summed E-state index contributed by atoms with van der Waals surface area (Å²) in [5, 5.41) is 14.4. The molecule has 0 radical (unpaired) electrons. The Morgan fingerprint density at radius 3 is 2.50 bits per heavy atom. The lowest BCUT2D eigenvalue weighted by Gasteiger charge is -2.29. The van der Waals surface area contributed by atoms with E-state index in [4.69, 9.17) is 0 Å². The van der Waals surface area contributed by atoms with Crippen LogP contribution in [0.15, 0.2) is 6.20 Å². The van der Waals surface area contributed by atoms with E-state index >= 15 is 0 Å². The molecule has 1 heterocycles. The van der Waals surface area contributed by atoms with Crippen LogP contribution in [0, 0.1) is 12.3 Å². The van der Waals surface area contributed by atoms with Gasteiger partial charge in [0.15, 0.2) is 0 Å². The maximum absolute atomic E-state index is 10.2. The summed E-state index contributed by atoms with van der Waals surface area (Å²) in [4.78, 5) is 0. The standard InChI is InChI=1S/C11H20N2O/c1-6-11(3,4)10(14)9-8(2)7-12-13(9)5/h7,10,14H,6H2,1-5H3. The Hall–Kier alpha value is -0.830. The molecule has 0 aliphatic heterocycles. The zero-order chi connectivity index (χ0) is 10.9. The largest absolute Gasteiger partial charge is 0.386 e. The minimum absolute atomic E-state index is 0.0987. The number of hydrogen-bond acceptors (Lipinski definition) is 2.